The molecule has 1 saturated carbocycles. The lowest BCUT2D eigenvalue weighted by Gasteiger charge is -2.11. The Bertz CT molecular complexity index is 486. The molecule has 1 heterocycles. The lowest BCUT2D eigenvalue weighted by molar-refractivity contribution is 0.527. The van der Waals surface area contributed by atoms with Crippen LogP contribution in [0.4, 0.5) is 0 Å². The van der Waals surface area contributed by atoms with Crippen LogP contribution >= 0.6 is 0 Å². The molecule has 3 nitrogen and oxygen atoms in total. The number of benzene rings is 1. The molecule has 0 saturated heterocycles. The maximum atomic E-state index is 5.31. The highest BCUT2D eigenvalue weighted by atomic mass is 16.3. The van der Waals surface area contributed by atoms with Crippen molar-refractivity contribution in [3.63, 3.8) is 0 Å². The van der Waals surface area contributed by atoms with Crippen LogP contribution in [0, 0.1) is 0 Å². The van der Waals surface area contributed by atoms with Crippen LogP contribution in [-0.2, 0) is 6.42 Å². The van der Waals surface area contributed by atoms with Gasteiger partial charge in [0.2, 0.25) is 0 Å². The highest BCUT2D eigenvalue weighted by Gasteiger charge is 2.13. The number of oxazole rings is 1. The summed E-state index contributed by atoms with van der Waals surface area (Å²) in [4.78, 5) is 4.12. The van der Waals surface area contributed by atoms with Crippen molar-refractivity contribution in [3.05, 3.63) is 30.2 Å². The van der Waals surface area contributed by atoms with Crippen molar-refractivity contribution in [3.8, 4) is 0 Å². The summed E-state index contributed by atoms with van der Waals surface area (Å²) in [6.45, 7) is 1.06. The molecule has 1 aromatic carbocycles. The Balaban J connectivity index is 1.56. The maximum Gasteiger partial charge on any atom is 0.181 e. The van der Waals surface area contributed by atoms with Gasteiger partial charge in [-0.05, 0) is 43.5 Å². The van der Waals surface area contributed by atoms with Gasteiger partial charge in [0.25, 0.3) is 0 Å². The van der Waals surface area contributed by atoms with E-state index >= 15 is 0 Å². The van der Waals surface area contributed by atoms with Crippen LogP contribution in [0.3, 0.4) is 0 Å². The third kappa shape index (κ3) is 2.50. The highest BCUT2D eigenvalue weighted by molar-refractivity contribution is 5.72. The molecule has 0 unspecified atom stereocenters. The molecule has 3 rings (SSSR count). The van der Waals surface area contributed by atoms with E-state index in [9.17, 15) is 0 Å². The Morgan fingerprint density at radius 2 is 2.18 bits per heavy atom. The first kappa shape index (κ1) is 10.8. The largest absolute Gasteiger partial charge is 0.443 e. The SMILES string of the molecule is c1nc2ccc(CCNC3CCCC3)cc2o1. The van der Waals surface area contributed by atoms with Gasteiger partial charge in [-0.15, -0.1) is 0 Å². The summed E-state index contributed by atoms with van der Waals surface area (Å²) < 4.78 is 5.31. The van der Waals surface area contributed by atoms with E-state index in [4.69, 9.17) is 4.42 Å². The molecule has 1 aliphatic rings. The van der Waals surface area contributed by atoms with Gasteiger partial charge in [0.05, 0.1) is 0 Å². The average Bonchev–Trinajstić information content (AvgIpc) is 2.98. The Kier molecular flexibility index (Phi) is 3.10. The molecule has 17 heavy (non-hydrogen) atoms. The summed E-state index contributed by atoms with van der Waals surface area (Å²) in [5.41, 5.74) is 3.15. The molecule has 1 N–H and O–H groups in total. The van der Waals surface area contributed by atoms with Crippen molar-refractivity contribution >= 4 is 11.1 Å². The van der Waals surface area contributed by atoms with Crippen LogP contribution in [0.15, 0.2) is 29.0 Å². The van der Waals surface area contributed by atoms with E-state index < -0.39 is 0 Å². The second-order valence-corrected chi connectivity index (χ2v) is 4.84. The molecule has 0 spiro atoms. The lowest BCUT2D eigenvalue weighted by atomic mass is 10.1. The van der Waals surface area contributed by atoms with Crippen molar-refractivity contribution in [1.29, 1.82) is 0 Å². The van der Waals surface area contributed by atoms with E-state index in [1.165, 1.54) is 37.6 Å². The second-order valence-electron chi connectivity index (χ2n) is 4.84. The predicted molar refractivity (Wildman–Crippen MR) is 68.0 cm³/mol. The summed E-state index contributed by atoms with van der Waals surface area (Å²) in [6.07, 6.45) is 8.05. The fourth-order valence-corrected chi connectivity index (χ4v) is 2.61. The Labute approximate surface area is 101 Å². The van der Waals surface area contributed by atoms with Gasteiger partial charge in [0, 0.05) is 6.04 Å². The van der Waals surface area contributed by atoms with Gasteiger partial charge in [0.15, 0.2) is 12.0 Å². The van der Waals surface area contributed by atoms with Crippen molar-refractivity contribution in [2.75, 3.05) is 6.54 Å². The van der Waals surface area contributed by atoms with Gasteiger partial charge in [-0.1, -0.05) is 18.9 Å². The van der Waals surface area contributed by atoms with Crippen LogP contribution in [-0.4, -0.2) is 17.6 Å². The molecule has 90 valence electrons. The van der Waals surface area contributed by atoms with Gasteiger partial charge >= 0.3 is 0 Å². The van der Waals surface area contributed by atoms with E-state index in [1.807, 2.05) is 6.07 Å². The third-order valence-corrected chi connectivity index (χ3v) is 3.60. The quantitative estimate of drug-likeness (QED) is 0.877. The molecular formula is C14H18N2O. The molecule has 3 heteroatoms. The third-order valence-electron chi connectivity index (χ3n) is 3.60. The van der Waals surface area contributed by atoms with Crippen LogP contribution in [0.2, 0.25) is 0 Å². The molecule has 0 aliphatic heterocycles. The molecular weight excluding hydrogens is 212 g/mol. The number of nitrogens with one attached hydrogen (secondary N) is 1. The minimum Gasteiger partial charge on any atom is -0.443 e. The van der Waals surface area contributed by atoms with Gasteiger partial charge < -0.3 is 9.73 Å². The maximum absolute atomic E-state index is 5.31. The smallest absolute Gasteiger partial charge is 0.181 e. The molecule has 1 aromatic heterocycles. The van der Waals surface area contributed by atoms with Gasteiger partial charge in [-0.3, -0.25) is 0 Å². The van der Waals surface area contributed by atoms with E-state index in [0.717, 1.165) is 30.1 Å². The molecule has 0 bridgehead atoms. The first-order chi connectivity index (χ1) is 8.42. The fourth-order valence-electron chi connectivity index (χ4n) is 2.61. The van der Waals surface area contributed by atoms with Gasteiger partial charge in [0.1, 0.15) is 5.52 Å². The lowest BCUT2D eigenvalue weighted by Crippen LogP contribution is -2.27. The summed E-state index contributed by atoms with van der Waals surface area (Å²) in [6, 6.07) is 7.02. The Morgan fingerprint density at radius 1 is 1.29 bits per heavy atom. The summed E-state index contributed by atoms with van der Waals surface area (Å²) in [7, 11) is 0. The average molecular weight is 230 g/mol. The first-order valence-corrected chi connectivity index (χ1v) is 6.47. The number of nitrogens with zero attached hydrogens (tertiary/aromatic N) is 1. The minimum absolute atomic E-state index is 0.754. The van der Waals surface area contributed by atoms with Gasteiger partial charge in [-0.25, -0.2) is 4.98 Å². The number of hydrogen-bond acceptors (Lipinski definition) is 3. The van der Waals surface area contributed by atoms with Crippen LogP contribution < -0.4 is 5.32 Å². The molecule has 1 fully saturated rings. The summed E-state index contributed by atoms with van der Waals surface area (Å²) in [5.74, 6) is 0. The first-order valence-electron chi connectivity index (χ1n) is 6.47. The summed E-state index contributed by atoms with van der Waals surface area (Å²) in [5, 5.41) is 3.63. The topological polar surface area (TPSA) is 38.1 Å². The highest BCUT2D eigenvalue weighted by Crippen LogP contribution is 2.18. The van der Waals surface area contributed by atoms with Crippen molar-refractivity contribution in [2.45, 2.75) is 38.1 Å². The standard InChI is InChI=1S/C14H18N2O/c1-2-4-12(3-1)15-8-7-11-5-6-13-14(9-11)17-10-16-13/h5-6,9-10,12,15H,1-4,7-8H2. The zero-order valence-electron chi connectivity index (χ0n) is 9.98. The molecule has 1 aliphatic carbocycles. The van der Waals surface area contributed by atoms with Crippen molar-refractivity contribution in [1.82, 2.24) is 10.3 Å². The van der Waals surface area contributed by atoms with Gasteiger partial charge in [-0.2, -0.15) is 0 Å². The number of aromatic nitrogens is 1. The monoisotopic (exact) mass is 230 g/mol. The number of rotatable bonds is 4. The summed E-state index contributed by atoms with van der Waals surface area (Å²) >= 11 is 0. The van der Waals surface area contributed by atoms with E-state index in [2.05, 4.69) is 22.4 Å². The Hall–Kier alpha value is -1.35. The van der Waals surface area contributed by atoms with Crippen LogP contribution in [0.25, 0.3) is 11.1 Å². The number of hydrogen-bond donors (Lipinski definition) is 1. The zero-order chi connectivity index (χ0) is 11.5. The molecule has 0 amide bonds. The number of fused-ring (bicyclic) bond motifs is 1. The van der Waals surface area contributed by atoms with Crippen LogP contribution in [0.1, 0.15) is 31.2 Å². The fraction of sp³-hybridized carbons (Fsp3) is 0.500. The van der Waals surface area contributed by atoms with Crippen LogP contribution in [0.5, 0.6) is 0 Å². The zero-order valence-corrected chi connectivity index (χ0v) is 9.98. The predicted octanol–water partition coefficient (Wildman–Crippen LogP) is 2.90. The normalized spacial score (nSPS) is 16.9. The second kappa shape index (κ2) is 4.88. The Morgan fingerprint density at radius 3 is 3.06 bits per heavy atom. The van der Waals surface area contributed by atoms with Crippen molar-refractivity contribution in [2.24, 2.45) is 0 Å². The van der Waals surface area contributed by atoms with E-state index in [1.54, 1.807) is 0 Å². The van der Waals surface area contributed by atoms with Crippen molar-refractivity contribution < 1.29 is 4.42 Å². The molecule has 2 aromatic rings. The molecule has 0 radical (unpaired) electrons. The van der Waals surface area contributed by atoms with E-state index in [-0.39, 0.29) is 0 Å². The minimum atomic E-state index is 0.754. The van der Waals surface area contributed by atoms with E-state index in [0.29, 0.717) is 0 Å². The molecule has 0 atom stereocenters.